The first-order chi connectivity index (χ1) is 17.8. The summed E-state index contributed by atoms with van der Waals surface area (Å²) in [6.45, 7) is 5.64. The highest BCUT2D eigenvalue weighted by Gasteiger charge is 2.70. The van der Waals surface area contributed by atoms with E-state index in [9.17, 15) is 14.4 Å². The summed E-state index contributed by atoms with van der Waals surface area (Å²) < 4.78 is -0.779. The van der Waals surface area contributed by atoms with E-state index in [1.807, 2.05) is 49.1 Å². The van der Waals surface area contributed by atoms with Crippen LogP contribution in [0.15, 0.2) is 42.5 Å². The maximum absolute atomic E-state index is 14.5. The predicted octanol–water partition coefficient (Wildman–Crippen LogP) is 3.08. The summed E-state index contributed by atoms with van der Waals surface area (Å²) in [5.41, 5.74) is 2.97. The molecule has 1 N–H and O–H groups in total. The van der Waals surface area contributed by atoms with Gasteiger partial charge in [0.1, 0.15) is 6.04 Å². The molecule has 1 unspecified atom stereocenters. The second-order valence-corrected chi connectivity index (χ2v) is 12.3. The molecule has 7 nitrogen and oxygen atoms in total. The van der Waals surface area contributed by atoms with Crippen molar-refractivity contribution < 1.29 is 19.5 Å². The summed E-state index contributed by atoms with van der Waals surface area (Å²) >= 11 is 1.63. The number of carbonyl (C=O) groups excluding carboxylic acids is 3. The molecule has 198 valence electrons. The Labute approximate surface area is 223 Å². The molecule has 37 heavy (non-hydrogen) atoms. The average molecular weight is 524 g/mol. The largest absolute Gasteiger partial charge is 0.396 e. The van der Waals surface area contributed by atoms with Gasteiger partial charge in [-0.2, -0.15) is 0 Å². The molecule has 4 aliphatic heterocycles. The van der Waals surface area contributed by atoms with Crippen LogP contribution in [-0.2, 0) is 14.4 Å². The zero-order valence-electron chi connectivity index (χ0n) is 21.9. The number of aliphatic hydroxyl groups excluding tert-OH is 1. The fourth-order valence-electron chi connectivity index (χ4n) is 6.48. The van der Waals surface area contributed by atoms with E-state index in [2.05, 4.69) is 12.2 Å². The van der Waals surface area contributed by atoms with Crippen LogP contribution < -0.4 is 4.90 Å². The van der Waals surface area contributed by atoms with Crippen LogP contribution in [-0.4, -0.2) is 82.0 Å². The Morgan fingerprint density at radius 3 is 2.57 bits per heavy atom. The van der Waals surface area contributed by atoms with E-state index in [4.69, 9.17) is 5.11 Å². The first kappa shape index (κ1) is 26.0. The molecule has 1 aromatic rings. The number of unbranched alkanes of at least 4 members (excludes halogenated alkanes) is 3. The molecule has 2 saturated heterocycles. The maximum Gasteiger partial charge on any atom is 0.251 e. The van der Waals surface area contributed by atoms with Crippen molar-refractivity contribution >= 4 is 35.2 Å². The molecule has 0 aromatic heterocycles. The molecule has 0 bridgehead atoms. The minimum absolute atomic E-state index is 0.0160. The highest BCUT2D eigenvalue weighted by Crippen LogP contribution is 2.61. The number of amides is 3. The number of likely N-dealkylation sites (tertiary alicyclic amines) is 1. The van der Waals surface area contributed by atoms with E-state index in [1.54, 1.807) is 28.6 Å². The van der Waals surface area contributed by atoms with Gasteiger partial charge in [0.15, 0.2) is 0 Å². The molecular weight excluding hydrogens is 486 g/mol. The van der Waals surface area contributed by atoms with Gasteiger partial charge in [-0.25, -0.2) is 0 Å². The first-order valence-electron chi connectivity index (χ1n) is 13.4. The number of hydrogen-bond donors (Lipinski definition) is 1. The zero-order chi connectivity index (χ0) is 26.3. The molecule has 4 heterocycles. The van der Waals surface area contributed by atoms with Gasteiger partial charge in [0.25, 0.3) is 5.91 Å². The van der Waals surface area contributed by atoms with Crippen LogP contribution in [0.2, 0.25) is 0 Å². The van der Waals surface area contributed by atoms with Crippen molar-refractivity contribution in [2.75, 3.05) is 38.2 Å². The lowest BCUT2D eigenvalue weighted by atomic mass is 9.78. The molecule has 0 radical (unpaired) electrons. The van der Waals surface area contributed by atoms with Crippen LogP contribution >= 0.6 is 11.8 Å². The number of rotatable bonds is 7. The fourth-order valence-corrected chi connectivity index (χ4v) is 8.48. The van der Waals surface area contributed by atoms with E-state index in [0.717, 1.165) is 42.5 Å². The Morgan fingerprint density at radius 2 is 1.78 bits per heavy atom. The van der Waals surface area contributed by atoms with Crippen molar-refractivity contribution in [3.8, 4) is 0 Å². The Balaban J connectivity index is 1.56. The molecule has 5 rings (SSSR count). The molecule has 5 atom stereocenters. The second kappa shape index (κ2) is 10.3. The highest BCUT2D eigenvalue weighted by atomic mass is 32.2. The Hall–Kier alpha value is -2.58. The Morgan fingerprint density at radius 1 is 1.00 bits per heavy atom. The topological polar surface area (TPSA) is 81.2 Å². The Bertz CT molecular complexity index is 1150. The second-order valence-electron chi connectivity index (χ2n) is 10.8. The van der Waals surface area contributed by atoms with Gasteiger partial charge in [0.05, 0.1) is 16.6 Å². The molecule has 4 aliphatic rings. The monoisotopic (exact) mass is 523 g/mol. The molecule has 3 amide bonds. The van der Waals surface area contributed by atoms with Gasteiger partial charge in [-0.1, -0.05) is 49.3 Å². The first-order valence-corrected chi connectivity index (χ1v) is 14.2. The number of aryl methyl sites for hydroxylation is 2. The van der Waals surface area contributed by atoms with Gasteiger partial charge in [0.2, 0.25) is 11.8 Å². The lowest BCUT2D eigenvalue weighted by Crippen LogP contribution is -2.53. The Kier molecular flexibility index (Phi) is 7.24. The van der Waals surface area contributed by atoms with Crippen molar-refractivity contribution in [1.29, 1.82) is 0 Å². The minimum Gasteiger partial charge on any atom is -0.396 e. The molecule has 0 saturated carbocycles. The van der Waals surface area contributed by atoms with E-state index >= 15 is 0 Å². The molecular formula is C29H37N3O4S. The third kappa shape index (κ3) is 4.32. The van der Waals surface area contributed by atoms with Gasteiger partial charge in [-0.3, -0.25) is 14.4 Å². The third-order valence-electron chi connectivity index (χ3n) is 8.32. The zero-order valence-corrected chi connectivity index (χ0v) is 22.7. The van der Waals surface area contributed by atoms with Crippen LogP contribution in [0.5, 0.6) is 0 Å². The highest BCUT2D eigenvalue weighted by molar-refractivity contribution is 8.02. The van der Waals surface area contributed by atoms with E-state index in [0.29, 0.717) is 19.6 Å². The van der Waals surface area contributed by atoms with Crippen molar-refractivity contribution in [1.82, 2.24) is 9.80 Å². The lowest BCUT2D eigenvalue weighted by Gasteiger charge is -2.35. The van der Waals surface area contributed by atoms with Crippen molar-refractivity contribution in [3.63, 3.8) is 0 Å². The number of thioether (sulfide) groups is 1. The lowest BCUT2D eigenvalue weighted by molar-refractivity contribution is -0.142. The van der Waals surface area contributed by atoms with Gasteiger partial charge in [-0.15, -0.1) is 11.8 Å². The minimum atomic E-state index is -0.779. The number of nitrogens with zero attached hydrogens (tertiary/aromatic N) is 3. The number of carbonyl (C=O) groups is 3. The van der Waals surface area contributed by atoms with Crippen LogP contribution in [0, 0.1) is 25.7 Å². The number of benzene rings is 1. The number of likely N-dealkylation sites (N-methyl/N-ethyl adjacent to an activating group) is 1. The van der Waals surface area contributed by atoms with E-state index < -0.39 is 22.6 Å². The van der Waals surface area contributed by atoms with E-state index in [1.165, 1.54) is 0 Å². The summed E-state index contributed by atoms with van der Waals surface area (Å²) in [6.07, 6.45) is 11.4. The fraction of sp³-hybridized carbons (Fsp3) is 0.552. The molecule has 0 aliphatic carbocycles. The molecule has 2 fully saturated rings. The van der Waals surface area contributed by atoms with Gasteiger partial charge in [-0.05, 0) is 43.9 Å². The van der Waals surface area contributed by atoms with Crippen molar-refractivity contribution in [2.24, 2.45) is 11.8 Å². The SMILES string of the molecule is Cc1ccc(C)c(N2CC=C[C@]34S[C@H]5C=CCN(C)C(=O)[C@H]5[C@H]3C(=O)N(CCCCCCO)C4C2=O)c1. The van der Waals surface area contributed by atoms with Crippen LogP contribution in [0.3, 0.4) is 0 Å². The number of fused-ring (bicyclic) bond motifs is 2. The average Bonchev–Trinajstić information content (AvgIpc) is 3.19. The summed E-state index contributed by atoms with van der Waals surface area (Å²) in [7, 11) is 1.79. The predicted molar refractivity (Wildman–Crippen MR) is 146 cm³/mol. The van der Waals surface area contributed by atoms with Crippen molar-refractivity contribution in [3.05, 3.63) is 53.6 Å². The van der Waals surface area contributed by atoms with Crippen LogP contribution in [0.25, 0.3) is 0 Å². The van der Waals surface area contributed by atoms with Crippen LogP contribution in [0.4, 0.5) is 5.69 Å². The molecule has 8 heteroatoms. The molecule has 1 aromatic carbocycles. The summed E-state index contributed by atoms with van der Waals surface area (Å²) in [5, 5.41) is 9.01. The summed E-state index contributed by atoms with van der Waals surface area (Å²) in [5.74, 6) is -1.21. The van der Waals surface area contributed by atoms with Crippen LogP contribution in [0.1, 0.15) is 36.8 Å². The van der Waals surface area contributed by atoms with Gasteiger partial charge < -0.3 is 19.8 Å². The number of anilines is 1. The normalized spacial score (nSPS) is 30.9. The van der Waals surface area contributed by atoms with E-state index in [-0.39, 0.29) is 29.6 Å². The molecule has 1 spiro atoms. The van der Waals surface area contributed by atoms with Crippen molar-refractivity contribution in [2.45, 2.75) is 55.6 Å². The quantitative estimate of drug-likeness (QED) is 0.439. The van der Waals surface area contributed by atoms with Gasteiger partial charge in [0, 0.05) is 44.2 Å². The number of hydrogen-bond acceptors (Lipinski definition) is 5. The number of aliphatic hydroxyl groups is 1. The standard InChI is InChI=1S/C29H37N3O4S/c1-19-11-12-20(2)21(18-19)31-16-9-13-29-24(23-22(37-29)10-8-14-30(3)26(23)34)27(35)32(25(29)28(31)36)15-6-4-5-7-17-33/h8-13,18,22-25,33H,4-7,14-17H2,1-3H3/t22-,23+,24-,25?,29-/m0/s1. The smallest absolute Gasteiger partial charge is 0.251 e. The summed E-state index contributed by atoms with van der Waals surface area (Å²) in [4.78, 5) is 47.5. The van der Waals surface area contributed by atoms with Gasteiger partial charge >= 0.3 is 0 Å². The summed E-state index contributed by atoms with van der Waals surface area (Å²) in [6, 6.07) is 5.46. The third-order valence-corrected chi connectivity index (χ3v) is 10.1. The maximum atomic E-state index is 14.5.